The summed E-state index contributed by atoms with van der Waals surface area (Å²) in [5, 5.41) is 0. The summed E-state index contributed by atoms with van der Waals surface area (Å²) < 4.78 is 10.6. The van der Waals surface area contributed by atoms with Crippen molar-refractivity contribution >= 4 is 11.8 Å². The molecular weight excluding hydrogens is 318 g/mol. The highest BCUT2D eigenvalue weighted by molar-refractivity contribution is 6.03. The number of allylic oxidation sites excluding steroid dienone is 2. The predicted molar refractivity (Wildman–Crippen MR) is 93.3 cm³/mol. The van der Waals surface area contributed by atoms with Gasteiger partial charge in [0.1, 0.15) is 11.3 Å². The van der Waals surface area contributed by atoms with Crippen LogP contribution >= 0.6 is 0 Å². The average molecular weight is 341 g/mol. The van der Waals surface area contributed by atoms with Crippen LogP contribution in [0, 0.1) is 12.3 Å². The van der Waals surface area contributed by atoms with Crippen LogP contribution < -0.4 is 5.73 Å². The fraction of sp³-hybridized carbons (Fsp3) is 0.400. The van der Waals surface area contributed by atoms with E-state index >= 15 is 0 Å². The highest BCUT2D eigenvalue weighted by Crippen LogP contribution is 2.48. The first-order chi connectivity index (χ1) is 11.7. The summed E-state index contributed by atoms with van der Waals surface area (Å²) in [4.78, 5) is 25.3. The second-order valence-electron chi connectivity index (χ2n) is 7.50. The Balaban J connectivity index is 2.21. The maximum atomic E-state index is 12.9. The van der Waals surface area contributed by atoms with E-state index in [2.05, 4.69) is 0 Å². The van der Waals surface area contributed by atoms with Crippen LogP contribution in [0.15, 0.2) is 47.1 Å². The number of ether oxygens (including phenoxy) is 2. The third-order valence-electron chi connectivity index (χ3n) is 4.74. The number of Topliss-reactive ketones (excluding diaryl/α,β-unsaturated/α-hetero) is 1. The highest BCUT2D eigenvalue weighted by Gasteiger charge is 2.44. The molecule has 0 radical (unpaired) electrons. The molecule has 0 saturated carbocycles. The Hall–Kier alpha value is -2.56. The SMILES string of the molecule is COC(=O)C1=C(N)OC2=C(C(=O)CC(C)(C)C2)[C@@H]1c1cccc(C)c1. The smallest absolute Gasteiger partial charge is 0.340 e. The van der Waals surface area contributed by atoms with E-state index in [0.717, 1.165) is 11.1 Å². The minimum absolute atomic E-state index is 0.00772. The fourth-order valence-corrected chi connectivity index (χ4v) is 3.68. The van der Waals surface area contributed by atoms with Gasteiger partial charge in [-0.2, -0.15) is 0 Å². The lowest BCUT2D eigenvalue weighted by molar-refractivity contribution is -0.136. The number of ketones is 1. The zero-order chi connectivity index (χ0) is 18.4. The van der Waals surface area contributed by atoms with E-state index in [1.165, 1.54) is 7.11 Å². The summed E-state index contributed by atoms with van der Waals surface area (Å²) in [5.74, 6) is -0.555. The van der Waals surface area contributed by atoms with Crippen LogP contribution in [-0.2, 0) is 19.1 Å². The Kier molecular flexibility index (Phi) is 4.19. The number of hydrogen-bond acceptors (Lipinski definition) is 5. The molecule has 25 heavy (non-hydrogen) atoms. The van der Waals surface area contributed by atoms with Crippen LogP contribution in [0.25, 0.3) is 0 Å². The van der Waals surface area contributed by atoms with E-state index in [0.29, 0.717) is 24.2 Å². The van der Waals surface area contributed by atoms with Gasteiger partial charge in [-0.1, -0.05) is 43.7 Å². The number of nitrogens with two attached hydrogens (primary N) is 1. The molecule has 0 amide bonds. The first kappa shape index (κ1) is 17.3. The molecule has 0 saturated heterocycles. The minimum atomic E-state index is -0.576. The molecule has 1 aromatic rings. The normalized spacial score (nSPS) is 22.4. The molecule has 1 heterocycles. The van der Waals surface area contributed by atoms with Crippen LogP contribution in [0.4, 0.5) is 0 Å². The Bertz CT molecular complexity index is 817. The van der Waals surface area contributed by atoms with Crippen molar-refractivity contribution in [2.75, 3.05) is 7.11 Å². The molecule has 0 fully saturated rings. The summed E-state index contributed by atoms with van der Waals surface area (Å²) in [7, 11) is 1.30. The van der Waals surface area contributed by atoms with Crippen molar-refractivity contribution in [3.05, 3.63) is 58.2 Å². The number of rotatable bonds is 2. The maximum Gasteiger partial charge on any atom is 0.340 e. The fourth-order valence-electron chi connectivity index (χ4n) is 3.68. The quantitative estimate of drug-likeness (QED) is 0.836. The van der Waals surface area contributed by atoms with Gasteiger partial charge in [0.15, 0.2) is 5.78 Å². The topological polar surface area (TPSA) is 78.6 Å². The summed E-state index contributed by atoms with van der Waals surface area (Å²) >= 11 is 0. The number of esters is 1. The number of carbonyl (C=O) groups excluding carboxylic acids is 2. The molecule has 132 valence electrons. The van der Waals surface area contributed by atoms with Crippen LogP contribution in [0.5, 0.6) is 0 Å². The van der Waals surface area contributed by atoms with E-state index in [1.54, 1.807) is 0 Å². The van der Waals surface area contributed by atoms with Gasteiger partial charge in [0, 0.05) is 18.4 Å². The van der Waals surface area contributed by atoms with E-state index in [9.17, 15) is 9.59 Å². The molecule has 0 aromatic heterocycles. The van der Waals surface area contributed by atoms with E-state index in [1.807, 2.05) is 45.0 Å². The number of hydrogen-bond donors (Lipinski definition) is 1. The van der Waals surface area contributed by atoms with Crippen molar-refractivity contribution in [2.24, 2.45) is 11.1 Å². The molecule has 1 aliphatic heterocycles. The zero-order valence-electron chi connectivity index (χ0n) is 15.0. The molecule has 2 N–H and O–H groups in total. The Morgan fingerprint density at radius 3 is 2.68 bits per heavy atom. The standard InChI is InChI=1S/C20H23NO4/c1-11-6-5-7-12(8-11)15-16-13(22)9-20(2,3)10-14(16)25-18(21)17(15)19(23)24-4/h5-8,15H,9-10,21H2,1-4H3/t15-/m0/s1. The number of benzene rings is 1. The zero-order valence-corrected chi connectivity index (χ0v) is 15.0. The second kappa shape index (κ2) is 6.06. The van der Waals surface area contributed by atoms with Crippen LogP contribution in [0.3, 0.4) is 0 Å². The van der Waals surface area contributed by atoms with Gasteiger partial charge in [0.25, 0.3) is 0 Å². The lowest BCUT2D eigenvalue weighted by Crippen LogP contribution is -2.35. The first-order valence-corrected chi connectivity index (χ1v) is 8.32. The molecule has 2 aliphatic rings. The molecule has 0 spiro atoms. The first-order valence-electron chi connectivity index (χ1n) is 8.32. The molecule has 5 nitrogen and oxygen atoms in total. The molecule has 3 rings (SSSR count). The van der Waals surface area contributed by atoms with Gasteiger partial charge in [0.05, 0.1) is 13.0 Å². The highest BCUT2D eigenvalue weighted by atomic mass is 16.5. The summed E-state index contributed by atoms with van der Waals surface area (Å²) in [5.41, 5.74) is 8.48. The third kappa shape index (κ3) is 3.06. The van der Waals surface area contributed by atoms with Crippen molar-refractivity contribution in [1.29, 1.82) is 0 Å². The predicted octanol–water partition coefficient (Wildman–Crippen LogP) is 3.10. The molecule has 0 unspecified atom stereocenters. The van der Waals surface area contributed by atoms with E-state index in [-0.39, 0.29) is 22.7 Å². The molecule has 1 atom stereocenters. The second-order valence-corrected chi connectivity index (χ2v) is 7.50. The van der Waals surface area contributed by atoms with Gasteiger partial charge in [-0.25, -0.2) is 4.79 Å². The van der Waals surface area contributed by atoms with E-state index in [4.69, 9.17) is 15.2 Å². The molecule has 1 aromatic carbocycles. The van der Waals surface area contributed by atoms with E-state index < -0.39 is 11.9 Å². The van der Waals surface area contributed by atoms with Gasteiger partial charge >= 0.3 is 5.97 Å². The van der Waals surface area contributed by atoms with Crippen molar-refractivity contribution in [3.63, 3.8) is 0 Å². The number of carbonyl (C=O) groups is 2. The summed E-state index contributed by atoms with van der Waals surface area (Å²) in [6.07, 6.45) is 1.01. The van der Waals surface area contributed by atoms with Crippen molar-refractivity contribution in [3.8, 4) is 0 Å². The Morgan fingerprint density at radius 2 is 2.04 bits per heavy atom. The Morgan fingerprint density at radius 1 is 1.32 bits per heavy atom. The van der Waals surface area contributed by atoms with Gasteiger partial charge in [0.2, 0.25) is 5.88 Å². The lowest BCUT2D eigenvalue weighted by atomic mass is 9.70. The van der Waals surface area contributed by atoms with Gasteiger partial charge < -0.3 is 15.2 Å². The molecular formula is C20H23NO4. The van der Waals surface area contributed by atoms with Crippen LogP contribution in [0.2, 0.25) is 0 Å². The molecule has 1 aliphatic carbocycles. The van der Waals surface area contributed by atoms with Crippen LogP contribution in [-0.4, -0.2) is 18.9 Å². The Labute approximate surface area is 147 Å². The summed E-state index contributed by atoms with van der Waals surface area (Å²) in [6.45, 7) is 6.01. The van der Waals surface area contributed by atoms with Crippen molar-refractivity contribution < 1.29 is 19.1 Å². The monoisotopic (exact) mass is 341 g/mol. The summed E-state index contributed by atoms with van der Waals surface area (Å²) in [6, 6.07) is 7.73. The average Bonchev–Trinajstić information content (AvgIpc) is 2.51. The van der Waals surface area contributed by atoms with Crippen molar-refractivity contribution in [1.82, 2.24) is 0 Å². The largest absolute Gasteiger partial charge is 0.465 e. The van der Waals surface area contributed by atoms with Gasteiger partial charge in [-0.05, 0) is 17.9 Å². The lowest BCUT2D eigenvalue weighted by Gasteiger charge is -2.37. The van der Waals surface area contributed by atoms with Gasteiger partial charge in [-0.15, -0.1) is 0 Å². The molecule has 0 bridgehead atoms. The van der Waals surface area contributed by atoms with Crippen molar-refractivity contribution in [2.45, 2.75) is 39.5 Å². The number of methoxy groups -OCH3 is 1. The number of aryl methyl sites for hydroxylation is 1. The van der Waals surface area contributed by atoms with Gasteiger partial charge in [-0.3, -0.25) is 4.79 Å². The van der Waals surface area contributed by atoms with Crippen LogP contribution in [0.1, 0.15) is 43.7 Å². The maximum absolute atomic E-state index is 12.9. The minimum Gasteiger partial charge on any atom is -0.465 e. The third-order valence-corrected chi connectivity index (χ3v) is 4.74. The molecule has 5 heteroatoms.